The van der Waals surface area contributed by atoms with E-state index in [1.165, 1.54) is 0 Å². The van der Waals surface area contributed by atoms with Crippen molar-refractivity contribution in [2.45, 2.75) is 6.54 Å². The van der Waals surface area contributed by atoms with Crippen molar-refractivity contribution < 1.29 is 14.6 Å². The second kappa shape index (κ2) is 7.52. The molecule has 1 aromatic heterocycles. The maximum Gasteiger partial charge on any atom is 0.372 e. The van der Waals surface area contributed by atoms with E-state index in [-0.39, 0.29) is 5.82 Å². The first-order valence-corrected chi connectivity index (χ1v) is 9.35. The molecule has 2 aromatic carbocycles. The Hall–Kier alpha value is -3.06. The molecule has 4 rings (SSSR count). The van der Waals surface area contributed by atoms with Crippen molar-refractivity contribution in [3.05, 3.63) is 53.9 Å². The molecular weight excluding hydrogens is 356 g/mol. The van der Waals surface area contributed by atoms with Crippen molar-refractivity contribution >= 4 is 22.7 Å². The molecule has 1 aliphatic rings. The van der Waals surface area contributed by atoms with Gasteiger partial charge in [0.05, 0.1) is 18.1 Å². The van der Waals surface area contributed by atoms with Crippen molar-refractivity contribution in [3.63, 3.8) is 0 Å². The lowest BCUT2D eigenvalue weighted by atomic mass is 10.2. The highest BCUT2D eigenvalue weighted by atomic mass is 16.5. The average Bonchev–Trinajstić information content (AvgIpc) is 3.07. The molecule has 0 aliphatic carbocycles. The van der Waals surface area contributed by atoms with Gasteiger partial charge < -0.3 is 24.2 Å². The summed E-state index contributed by atoms with van der Waals surface area (Å²) in [7, 11) is 3.75. The van der Waals surface area contributed by atoms with Gasteiger partial charge in [0.25, 0.3) is 0 Å². The summed E-state index contributed by atoms with van der Waals surface area (Å²) in [6.07, 6.45) is 0. The van der Waals surface area contributed by atoms with E-state index < -0.39 is 5.97 Å². The van der Waals surface area contributed by atoms with Gasteiger partial charge in [0.2, 0.25) is 5.82 Å². The minimum Gasteiger partial charge on any atom is -0.497 e. The number of anilines is 1. The van der Waals surface area contributed by atoms with Crippen molar-refractivity contribution in [1.82, 2.24) is 14.5 Å². The van der Waals surface area contributed by atoms with E-state index in [2.05, 4.69) is 27.9 Å². The van der Waals surface area contributed by atoms with Crippen LogP contribution in [0.5, 0.6) is 5.75 Å². The highest BCUT2D eigenvalue weighted by Crippen LogP contribution is 2.25. The summed E-state index contributed by atoms with van der Waals surface area (Å²) in [6, 6.07) is 13.7. The van der Waals surface area contributed by atoms with Gasteiger partial charge in [-0.15, -0.1) is 0 Å². The van der Waals surface area contributed by atoms with Crippen LogP contribution in [0.2, 0.25) is 0 Å². The van der Waals surface area contributed by atoms with Crippen LogP contribution in [0, 0.1) is 0 Å². The predicted molar refractivity (Wildman–Crippen MR) is 108 cm³/mol. The molecule has 1 N–H and O–H groups in total. The van der Waals surface area contributed by atoms with Crippen LogP contribution in [0.3, 0.4) is 0 Å². The monoisotopic (exact) mass is 380 g/mol. The van der Waals surface area contributed by atoms with Crippen LogP contribution in [0.25, 0.3) is 11.0 Å². The topological polar surface area (TPSA) is 70.8 Å². The number of aromatic carboxylic acids is 1. The number of carboxylic acids is 1. The molecule has 3 aromatic rings. The van der Waals surface area contributed by atoms with E-state index in [0.29, 0.717) is 12.1 Å². The molecule has 0 bridgehead atoms. The number of piperazine rings is 1. The van der Waals surface area contributed by atoms with Gasteiger partial charge in [0, 0.05) is 38.4 Å². The number of likely N-dealkylation sites (N-methyl/N-ethyl adjacent to an activating group) is 1. The zero-order chi connectivity index (χ0) is 19.7. The summed E-state index contributed by atoms with van der Waals surface area (Å²) < 4.78 is 6.98. The van der Waals surface area contributed by atoms with E-state index in [0.717, 1.165) is 48.7 Å². The number of carbonyl (C=O) groups is 1. The maximum absolute atomic E-state index is 11.8. The number of hydrogen-bond acceptors (Lipinski definition) is 5. The normalized spacial score (nSPS) is 15.1. The van der Waals surface area contributed by atoms with Gasteiger partial charge >= 0.3 is 5.97 Å². The van der Waals surface area contributed by atoms with Crippen molar-refractivity contribution in [2.24, 2.45) is 0 Å². The van der Waals surface area contributed by atoms with Crippen LogP contribution in [0.15, 0.2) is 42.5 Å². The van der Waals surface area contributed by atoms with Gasteiger partial charge in [-0.2, -0.15) is 0 Å². The first kappa shape index (κ1) is 18.3. The Balaban J connectivity index is 1.72. The minimum absolute atomic E-state index is 0.0568. The highest BCUT2D eigenvalue weighted by Gasteiger charge is 2.20. The molecule has 0 spiro atoms. The van der Waals surface area contributed by atoms with Gasteiger partial charge in [-0.3, -0.25) is 0 Å². The largest absolute Gasteiger partial charge is 0.497 e. The van der Waals surface area contributed by atoms with Crippen LogP contribution in [-0.4, -0.2) is 65.9 Å². The lowest BCUT2D eigenvalue weighted by Gasteiger charge is -2.34. The SMILES string of the molecule is COc1ccc(Cn2c(C(=O)O)nc3ccc(N4CCN(C)CC4)cc32)cc1. The maximum atomic E-state index is 11.8. The molecule has 0 unspecified atom stereocenters. The van der Waals surface area contributed by atoms with Gasteiger partial charge in [-0.1, -0.05) is 12.1 Å². The van der Waals surface area contributed by atoms with Gasteiger partial charge in [-0.25, -0.2) is 9.78 Å². The van der Waals surface area contributed by atoms with Crippen LogP contribution >= 0.6 is 0 Å². The Labute approximate surface area is 163 Å². The quantitative estimate of drug-likeness (QED) is 0.734. The van der Waals surface area contributed by atoms with Crippen LogP contribution in [0.1, 0.15) is 16.2 Å². The average molecular weight is 380 g/mol. The standard InChI is InChI=1S/C21H24N4O3/c1-23-9-11-24(12-10-23)16-5-8-18-19(13-16)25(20(22-18)21(26)27)14-15-3-6-17(28-2)7-4-15/h3-8,13H,9-12,14H2,1-2H3,(H,26,27). The molecule has 7 heteroatoms. The number of imidazole rings is 1. The molecule has 1 saturated heterocycles. The fraction of sp³-hybridized carbons (Fsp3) is 0.333. The Morgan fingerprint density at radius 3 is 2.46 bits per heavy atom. The molecule has 0 radical (unpaired) electrons. The summed E-state index contributed by atoms with van der Waals surface area (Å²) >= 11 is 0. The molecule has 7 nitrogen and oxygen atoms in total. The number of ether oxygens (including phenoxy) is 1. The molecule has 0 saturated carbocycles. The molecule has 28 heavy (non-hydrogen) atoms. The van der Waals surface area contributed by atoms with E-state index in [1.807, 2.05) is 36.4 Å². The first-order valence-electron chi connectivity index (χ1n) is 9.35. The zero-order valence-corrected chi connectivity index (χ0v) is 16.1. The third-order valence-electron chi connectivity index (χ3n) is 5.29. The predicted octanol–water partition coefficient (Wildman–Crippen LogP) is 2.54. The van der Waals surface area contributed by atoms with E-state index in [9.17, 15) is 9.90 Å². The Kier molecular flexibility index (Phi) is 4.92. The number of aromatic nitrogens is 2. The number of rotatable bonds is 5. The summed E-state index contributed by atoms with van der Waals surface area (Å²) in [4.78, 5) is 20.8. The third kappa shape index (κ3) is 3.53. The third-order valence-corrected chi connectivity index (χ3v) is 5.29. The summed E-state index contributed by atoms with van der Waals surface area (Å²) in [5.41, 5.74) is 3.63. The molecule has 146 valence electrons. The summed E-state index contributed by atoms with van der Waals surface area (Å²) in [5.74, 6) is -0.192. The van der Waals surface area contributed by atoms with Crippen LogP contribution in [-0.2, 0) is 6.54 Å². The molecule has 0 amide bonds. The molecule has 2 heterocycles. The lowest BCUT2D eigenvalue weighted by molar-refractivity contribution is 0.0679. The smallest absolute Gasteiger partial charge is 0.372 e. The Morgan fingerprint density at radius 2 is 1.82 bits per heavy atom. The second-order valence-electron chi connectivity index (χ2n) is 7.14. The number of nitrogens with zero attached hydrogens (tertiary/aromatic N) is 4. The van der Waals surface area contributed by atoms with Gasteiger partial charge in [0.1, 0.15) is 5.75 Å². The van der Waals surface area contributed by atoms with Gasteiger partial charge in [0.15, 0.2) is 0 Å². The van der Waals surface area contributed by atoms with E-state index >= 15 is 0 Å². The van der Waals surface area contributed by atoms with Crippen molar-refractivity contribution in [2.75, 3.05) is 45.2 Å². The number of benzene rings is 2. The van der Waals surface area contributed by atoms with E-state index in [1.54, 1.807) is 11.7 Å². The fourth-order valence-corrected chi connectivity index (χ4v) is 3.61. The number of methoxy groups -OCH3 is 1. The second-order valence-corrected chi connectivity index (χ2v) is 7.14. The molecule has 0 atom stereocenters. The lowest BCUT2D eigenvalue weighted by Crippen LogP contribution is -2.44. The number of fused-ring (bicyclic) bond motifs is 1. The zero-order valence-electron chi connectivity index (χ0n) is 16.1. The molecule has 1 aliphatic heterocycles. The molecule has 1 fully saturated rings. The summed E-state index contributed by atoms with van der Waals surface area (Å²) in [6.45, 7) is 4.39. The first-order chi connectivity index (χ1) is 13.5. The Morgan fingerprint density at radius 1 is 1.11 bits per heavy atom. The van der Waals surface area contributed by atoms with Crippen molar-refractivity contribution in [1.29, 1.82) is 0 Å². The minimum atomic E-state index is -1.02. The van der Waals surface area contributed by atoms with Crippen molar-refractivity contribution in [3.8, 4) is 5.75 Å². The summed E-state index contributed by atoms with van der Waals surface area (Å²) in [5, 5.41) is 9.65. The fourth-order valence-electron chi connectivity index (χ4n) is 3.61. The Bertz CT molecular complexity index is 989. The number of carboxylic acid groups (broad SMARTS) is 1. The van der Waals surface area contributed by atoms with E-state index in [4.69, 9.17) is 4.74 Å². The molecular formula is C21H24N4O3. The highest BCUT2D eigenvalue weighted by molar-refractivity contribution is 5.91. The number of hydrogen-bond donors (Lipinski definition) is 1. The van der Waals surface area contributed by atoms with Crippen LogP contribution < -0.4 is 9.64 Å². The van der Waals surface area contributed by atoms with Gasteiger partial charge in [-0.05, 0) is 42.9 Å². The van der Waals surface area contributed by atoms with Crippen LogP contribution in [0.4, 0.5) is 5.69 Å².